The number of amides is 1. The lowest BCUT2D eigenvalue weighted by atomic mass is 9.99. The number of rotatable bonds is 8. The minimum atomic E-state index is -2.93. The molecule has 3 N–H and O–H groups in total. The Morgan fingerprint density at radius 2 is 2.06 bits per heavy atom. The number of amidine groups is 1. The Balaban J connectivity index is 2.31. The molecule has 1 heterocycles. The van der Waals surface area contributed by atoms with E-state index in [2.05, 4.69) is 21.2 Å². The average molecular weight is 497 g/mol. The Labute approximate surface area is 199 Å². The van der Waals surface area contributed by atoms with Gasteiger partial charge in [0.05, 0.1) is 10.9 Å². The molecule has 1 amide bonds. The summed E-state index contributed by atoms with van der Waals surface area (Å²) >= 11 is 0.557. The van der Waals surface area contributed by atoms with Crippen LogP contribution < -0.4 is 15.8 Å². The number of nitrogens with one attached hydrogen (secondary N) is 1. The largest absolute Gasteiger partial charge is 0.476 e. The molecule has 0 fully saturated rings. The van der Waals surface area contributed by atoms with Crippen LogP contribution in [0.4, 0.5) is 23.2 Å². The topological polar surface area (TPSA) is 89.6 Å². The predicted octanol–water partition coefficient (Wildman–Crippen LogP) is 4.57. The van der Waals surface area contributed by atoms with Crippen LogP contribution >= 0.6 is 11.8 Å². The van der Waals surface area contributed by atoms with E-state index in [9.17, 15) is 22.4 Å². The summed E-state index contributed by atoms with van der Waals surface area (Å²) in [5, 5.41) is 2.30. The van der Waals surface area contributed by atoms with Gasteiger partial charge in [-0.15, -0.1) is 6.42 Å². The second kappa shape index (κ2) is 11.2. The molecule has 2 aromatic rings. The number of hydrogen-bond acceptors (Lipinski definition) is 5. The number of aromatic nitrogens is 1. The molecule has 0 aliphatic rings. The maximum absolute atomic E-state index is 14.5. The highest BCUT2D eigenvalue weighted by atomic mass is 32.2. The van der Waals surface area contributed by atoms with Gasteiger partial charge in [-0.1, -0.05) is 17.7 Å². The van der Waals surface area contributed by atoms with E-state index >= 15 is 0 Å². The number of hydrogen-bond donors (Lipinski definition) is 2. The van der Waals surface area contributed by atoms with E-state index in [1.165, 1.54) is 20.2 Å². The molecule has 6 nitrogen and oxygen atoms in total. The van der Waals surface area contributed by atoms with Crippen LogP contribution in [0.2, 0.25) is 0 Å². The van der Waals surface area contributed by atoms with Gasteiger partial charge in [0, 0.05) is 18.8 Å². The average Bonchev–Trinajstić information content (AvgIpc) is 2.76. The first-order valence-corrected chi connectivity index (χ1v) is 10.8. The Morgan fingerprint density at radius 3 is 2.62 bits per heavy atom. The number of aryl methyl sites for hydroxylation is 1. The summed E-state index contributed by atoms with van der Waals surface area (Å²) in [7, 11) is 1.33. The van der Waals surface area contributed by atoms with Crippen molar-refractivity contribution in [2.45, 2.75) is 44.5 Å². The number of carbonyl (C=O) groups excluding carboxylic acids is 1. The summed E-state index contributed by atoms with van der Waals surface area (Å²) in [6.45, 7) is 4.44. The minimum absolute atomic E-state index is 0.00639. The zero-order valence-electron chi connectivity index (χ0n) is 19.0. The maximum atomic E-state index is 14.5. The van der Waals surface area contributed by atoms with Gasteiger partial charge < -0.3 is 15.8 Å². The highest BCUT2D eigenvalue weighted by Gasteiger charge is 2.38. The van der Waals surface area contributed by atoms with Crippen molar-refractivity contribution in [3.63, 3.8) is 0 Å². The molecule has 2 atom stereocenters. The summed E-state index contributed by atoms with van der Waals surface area (Å²) in [5.41, 5.74) is 5.54. The fourth-order valence-electron chi connectivity index (χ4n) is 2.95. The quantitative estimate of drug-likeness (QED) is 0.242. The third kappa shape index (κ3) is 6.63. The number of nitrogens with two attached hydrogens (primary N) is 1. The van der Waals surface area contributed by atoms with E-state index in [1.54, 1.807) is 19.9 Å². The van der Waals surface area contributed by atoms with Crippen LogP contribution in [-0.2, 0) is 6.42 Å². The number of ether oxygens (including phenoxy) is 1. The molecule has 0 bridgehead atoms. The monoisotopic (exact) mass is 496 g/mol. The lowest BCUT2D eigenvalue weighted by Gasteiger charge is -2.28. The zero-order valence-corrected chi connectivity index (χ0v) is 19.8. The number of thioether (sulfide) groups is 1. The molecule has 182 valence electrons. The highest BCUT2D eigenvalue weighted by molar-refractivity contribution is 8.15. The molecule has 1 aromatic carbocycles. The van der Waals surface area contributed by atoms with E-state index in [-0.39, 0.29) is 22.1 Å². The van der Waals surface area contributed by atoms with Crippen molar-refractivity contribution in [2.75, 3.05) is 12.4 Å². The van der Waals surface area contributed by atoms with Crippen LogP contribution in [0, 0.1) is 30.9 Å². The molecule has 0 aliphatic carbocycles. The number of benzene rings is 1. The molecule has 11 heteroatoms. The van der Waals surface area contributed by atoms with Crippen molar-refractivity contribution >= 4 is 28.5 Å². The van der Waals surface area contributed by atoms with Gasteiger partial charge >= 0.3 is 0 Å². The van der Waals surface area contributed by atoms with E-state index in [1.807, 2.05) is 0 Å². The summed E-state index contributed by atoms with van der Waals surface area (Å²) in [5.74, 6) is -0.555. The maximum Gasteiger partial charge on any atom is 0.274 e. The molecule has 0 radical (unpaired) electrons. The van der Waals surface area contributed by atoms with E-state index in [0.717, 1.165) is 12.1 Å². The highest BCUT2D eigenvalue weighted by Crippen LogP contribution is 2.37. The van der Waals surface area contributed by atoms with Crippen molar-refractivity contribution in [3.05, 3.63) is 52.9 Å². The van der Waals surface area contributed by atoms with Crippen LogP contribution in [0.1, 0.15) is 35.5 Å². The van der Waals surface area contributed by atoms with Crippen LogP contribution in [0.15, 0.2) is 29.4 Å². The first kappa shape index (κ1) is 27.0. The molecule has 34 heavy (non-hydrogen) atoms. The number of carbonyl (C=O) groups is 1. The Kier molecular flexibility index (Phi) is 8.93. The Hall–Kier alpha value is -3.26. The third-order valence-corrected chi connectivity index (χ3v) is 5.92. The van der Waals surface area contributed by atoms with Crippen LogP contribution in [-0.4, -0.2) is 40.4 Å². The number of terminal acetylenes is 1. The van der Waals surface area contributed by atoms with Crippen molar-refractivity contribution in [1.82, 2.24) is 4.98 Å². The van der Waals surface area contributed by atoms with Gasteiger partial charge in [0.2, 0.25) is 0 Å². The van der Waals surface area contributed by atoms with Crippen molar-refractivity contribution in [2.24, 2.45) is 10.7 Å². The number of alkyl halides is 2. The summed E-state index contributed by atoms with van der Waals surface area (Å²) in [6.07, 6.45) is 2.57. The standard InChI is InChI=1S/C23H24F4N4O2S/c1-6-13(3)33-16-7-12(2)19(30-11-16)20(32)31-15-8-14(18(25)17(24)9-15)10-23(4,21(26)27)34-22(28)29-5/h1,7-9,11,13,21H,10H2,2-5H3,(H2,28,29)(H,31,32)/t13-,23+/m0/s1. The van der Waals surface area contributed by atoms with Crippen molar-refractivity contribution < 1.29 is 27.1 Å². The predicted molar refractivity (Wildman–Crippen MR) is 125 cm³/mol. The summed E-state index contributed by atoms with van der Waals surface area (Å²) in [4.78, 5) is 20.4. The molecular formula is C23H24F4N4O2S. The summed E-state index contributed by atoms with van der Waals surface area (Å²) < 4.78 is 59.8. The Bertz CT molecular complexity index is 1140. The molecule has 0 spiro atoms. The van der Waals surface area contributed by atoms with Crippen LogP contribution in [0.25, 0.3) is 0 Å². The van der Waals surface area contributed by atoms with Gasteiger partial charge in [0.25, 0.3) is 12.3 Å². The molecule has 0 saturated heterocycles. The van der Waals surface area contributed by atoms with Gasteiger partial charge in [-0.05, 0) is 50.5 Å². The Morgan fingerprint density at radius 1 is 1.38 bits per heavy atom. The van der Waals surface area contributed by atoms with E-state index in [4.69, 9.17) is 16.9 Å². The van der Waals surface area contributed by atoms with Gasteiger partial charge in [0.15, 0.2) is 22.9 Å². The normalized spacial score (nSPS) is 14.3. The van der Waals surface area contributed by atoms with Crippen molar-refractivity contribution in [1.29, 1.82) is 0 Å². The molecular weight excluding hydrogens is 472 g/mol. The smallest absolute Gasteiger partial charge is 0.274 e. The second-order valence-electron chi connectivity index (χ2n) is 7.60. The molecule has 2 rings (SSSR count). The fourth-order valence-corrected chi connectivity index (χ4v) is 3.83. The minimum Gasteiger partial charge on any atom is -0.476 e. The van der Waals surface area contributed by atoms with Crippen LogP contribution in [0.3, 0.4) is 0 Å². The number of anilines is 1. The van der Waals surface area contributed by atoms with Crippen LogP contribution in [0.5, 0.6) is 5.75 Å². The molecule has 0 aliphatic heterocycles. The van der Waals surface area contributed by atoms with Gasteiger partial charge in [-0.25, -0.2) is 22.5 Å². The molecule has 0 saturated carbocycles. The lowest BCUT2D eigenvalue weighted by Crippen LogP contribution is -2.36. The first-order chi connectivity index (χ1) is 15.9. The number of aliphatic imine (C=N–C) groups is 1. The van der Waals surface area contributed by atoms with E-state index in [0.29, 0.717) is 23.1 Å². The number of nitrogens with zero attached hydrogens (tertiary/aromatic N) is 2. The number of halogens is 4. The fraction of sp³-hybridized carbons (Fsp3) is 0.348. The third-order valence-electron chi connectivity index (χ3n) is 4.74. The SMILES string of the molecule is C#C[C@H](C)Oc1cnc(C(=O)Nc2cc(F)c(F)c(C[C@@](C)(SC(N)=NC)C(F)F)c2)c(C)c1. The van der Waals surface area contributed by atoms with E-state index < -0.39 is 41.2 Å². The summed E-state index contributed by atoms with van der Waals surface area (Å²) in [6, 6.07) is 3.41. The number of pyridine rings is 1. The molecule has 1 aromatic heterocycles. The molecule has 0 unspecified atom stereocenters. The lowest BCUT2D eigenvalue weighted by molar-refractivity contribution is 0.102. The van der Waals surface area contributed by atoms with Gasteiger partial charge in [-0.2, -0.15) is 0 Å². The first-order valence-electron chi connectivity index (χ1n) is 9.98. The van der Waals surface area contributed by atoms with Gasteiger partial charge in [-0.3, -0.25) is 9.79 Å². The van der Waals surface area contributed by atoms with Crippen molar-refractivity contribution in [3.8, 4) is 18.1 Å². The van der Waals surface area contributed by atoms with Gasteiger partial charge in [0.1, 0.15) is 11.4 Å². The zero-order chi connectivity index (χ0) is 25.6. The second-order valence-corrected chi connectivity index (χ2v) is 9.16.